The molecule has 0 aliphatic carbocycles. The van der Waals surface area contributed by atoms with Gasteiger partial charge in [-0.25, -0.2) is 8.42 Å². The maximum absolute atomic E-state index is 12.2. The molecule has 0 amide bonds. The zero-order valence-corrected chi connectivity index (χ0v) is 29.8. The van der Waals surface area contributed by atoms with Gasteiger partial charge in [0.25, 0.3) is 10.1 Å². The number of nitrogen functional groups attached to an aromatic ring is 1. The van der Waals surface area contributed by atoms with Crippen LogP contribution in [0.2, 0.25) is 0 Å². The molecule has 0 aliphatic heterocycles. The average molecular weight is 676 g/mol. The van der Waals surface area contributed by atoms with Crippen LogP contribution >= 0.6 is 0 Å². The number of hydrogen-bond acceptors (Lipinski definition) is 13. The van der Waals surface area contributed by atoms with E-state index in [0.29, 0.717) is 17.1 Å². The van der Waals surface area contributed by atoms with Gasteiger partial charge in [-0.3, -0.25) is 4.55 Å². The van der Waals surface area contributed by atoms with Gasteiger partial charge >= 0.3 is 59.1 Å². The van der Waals surface area contributed by atoms with Crippen LogP contribution in [-0.4, -0.2) is 25.9 Å². The fourth-order valence-corrected chi connectivity index (χ4v) is 5.14. The summed E-state index contributed by atoms with van der Waals surface area (Å²) < 4.78 is 70.2. The van der Waals surface area contributed by atoms with E-state index >= 15 is 0 Å². The molecule has 18 heteroatoms. The molecule has 0 heterocycles. The predicted octanol–water partition coefficient (Wildman–Crippen LogP) is 0.901. The second-order valence-electron chi connectivity index (χ2n) is 9.10. The van der Waals surface area contributed by atoms with Gasteiger partial charge in [-0.15, -0.1) is 10.2 Å². The van der Waals surface area contributed by atoms with Crippen molar-refractivity contribution in [2.45, 2.75) is 9.79 Å². The van der Waals surface area contributed by atoms with Crippen LogP contribution < -0.4 is 70.0 Å². The fraction of sp³-hybridized carbons (Fsp3) is 0. The summed E-state index contributed by atoms with van der Waals surface area (Å²) in [4.78, 5) is -1.41. The van der Waals surface area contributed by atoms with Crippen LogP contribution in [0.1, 0.15) is 0 Å². The molecule has 0 fully saturated rings. The number of benzene rings is 5. The van der Waals surface area contributed by atoms with E-state index in [4.69, 9.17) is 5.73 Å². The van der Waals surface area contributed by atoms with Crippen LogP contribution in [0, 0.1) is 0 Å². The molecule has 0 bridgehead atoms. The first kappa shape index (κ1) is 37.0. The molecule has 0 saturated carbocycles. The van der Waals surface area contributed by atoms with Crippen molar-refractivity contribution in [1.82, 2.24) is 0 Å². The quantitative estimate of drug-likeness (QED) is 0.103. The van der Waals surface area contributed by atoms with E-state index < -0.39 is 30.0 Å². The molecule has 0 spiro atoms. The number of nitrogens with two attached hydrogens (primary N) is 1. The molecule has 222 valence electrons. The Bertz CT molecular complexity index is 2200. The van der Waals surface area contributed by atoms with Crippen molar-refractivity contribution < 1.29 is 90.2 Å². The Balaban J connectivity index is 0.00000288. The van der Waals surface area contributed by atoms with Crippen molar-refractivity contribution in [2.24, 2.45) is 30.7 Å². The second kappa shape index (κ2) is 15.4. The third kappa shape index (κ3) is 9.32. The Morgan fingerprint density at radius 1 is 0.565 bits per heavy atom. The SMILES string of the molecule is Nc1ccc(N=Nc2ccc(N=Nc3cc4cc(N=Nc5ccccc5)c(S(=O)(=O)[O-])cc4cc3S(=O)(=O)O)cc2)c([O-])c1.[Na+].[Na+]. The predicted molar refractivity (Wildman–Crippen MR) is 157 cm³/mol. The number of azo groups is 3. The molecule has 0 unspecified atom stereocenters. The zero-order valence-electron chi connectivity index (χ0n) is 24.2. The molecule has 14 nitrogen and oxygen atoms in total. The summed E-state index contributed by atoms with van der Waals surface area (Å²) in [6, 6.07) is 23.0. The first-order valence-corrected chi connectivity index (χ1v) is 15.2. The number of hydrogen-bond donors (Lipinski definition) is 2. The number of rotatable bonds is 8. The van der Waals surface area contributed by atoms with E-state index in [-0.39, 0.29) is 98.4 Å². The molecule has 5 aromatic carbocycles. The maximum atomic E-state index is 12.2. The molecule has 5 rings (SSSR count). The van der Waals surface area contributed by atoms with Gasteiger partial charge in [-0.1, -0.05) is 23.9 Å². The van der Waals surface area contributed by atoms with Crippen LogP contribution in [-0.2, 0) is 20.2 Å². The Kier molecular flexibility index (Phi) is 12.4. The molecular weight excluding hydrogens is 656 g/mol. The van der Waals surface area contributed by atoms with Gasteiger partial charge in [0.05, 0.1) is 27.6 Å². The van der Waals surface area contributed by atoms with Gasteiger partial charge in [0.15, 0.2) is 0 Å². The fourth-order valence-electron chi connectivity index (χ4n) is 3.88. The van der Waals surface area contributed by atoms with Crippen molar-refractivity contribution in [3.63, 3.8) is 0 Å². The Labute approximate surface area is 307 Å². The molecule has 0 radical (unpaired) electrons. The third-order valence-electron chi connectivity index (χ3n) is 5.95. The van der Waals surface area contributed by atoms with Crippen molar-refractivity contribution in [3.8, 4) is 5.75 Å². The van der Waals surface area contributed by atoms with E-state index in [9.17, 15) is 31.0 Å². The minimum absolute atomic E-state index is 0. The minimum Gasteiger partial charge on any atom is -0.871 e. The first-order chi connectivity index (χ1) is 20.9. The van der Waals surface area contributed by atoms with Crippen LogP contribution in [0.4, 0.5) is 39.8 Å². The minimum atomic E-state index is -5.05. The van der Waals surface area contributed by atoms with Crippen molar-refractivity contribution in [3.05, 3.63) is 97.1 Å². The number of anilines is 1. The van der Waals surface area contributed by atoms with Gasteiger partial charge in [0.1, 0.15) is 26.4 Å². The maximum Gasteiger partial charge on any atom is 1.00 e. The Morgan fingerprint density at radius 3 is 1.52 bits per heavy atom. The van der Waals surface area contributed by atoms with Gasteiger partial charge in [0.2, 0.25) is 0 Å². The van der Waals surface area contributed by atoms with Crippen molar-refractivity contribution in [1.29, 1.82) is 0 Å². The van der Waals surface area contributed by atoms with Crippen LogP contribution in [0.15, 0.2) is 138 Å². The van der Waals surface area contributed by atoms with Crippen molar-refractivity contribution >= 4 is 70.8 Å². The van der Waals surface area contributed by atoms with E-state index in [1.807, 2.05) is 0 Å². The largest absolute Gasteiger partial charge is 1.00 e. The van der Waals surface area contributed by atoms with Gasteiger partial charge in [0, 0.05) is 5.69 Å². The average Bonchev–Trinajstić information content (AvgIpc) is 2.97. The molecule has 46 heavy (non-hydrogen) atoms. The van der Waals surface area contributed by atoms with Crippen LogP contribution in [0.25, 0.3) is 10.8 Å². The Hall–Kier alpha value is -3.42. The van der Waals surface area contributed by atoms with E-state index in [1.54, 1.807) is 30.3 Å². The normalized spacial score (nSPS) is 12.0. The van der Waals surface area contributed by atoms with E-state index in [1.165, 1.54) is 54.6 Å². The topological polar surface area (TPSA) is 235 Å². The monoisotopic (exact) mass is 675 g/mol. The van der Waals surface area contributed by atoms with Gasteiger partial charge < -0.3 is 15.4 Å². The molecule has 0 atom stereocenters. The zero-order chi connectivity index (χ0) is 31.5. The summed E-state index contributed by atoms with van der Waals surface area (Å²) in [7, 11) is -9.92. The van der Waals surface area contributed by atoms with Crippen LogP contribution in [0.5, 0.6) is 5.75 Å². The number of fused-ring (bicyclic) bond motifs is 1. The molecule has 0 saturated heterocycles. The van der Waals surface area contributed by atoms with Gasteiger partial charge in [-0.05, 0) is 89.6 Å². The third-order valence-corrected chi connectivity index (χ3v) is 7.70. The Morgan fingerprint density at radius 2 is 1.02 bits per heavy atom. The molecule has 0 aliphatic rings. The van der Waals surface area contributed by atoms with Crippen molar-refractivity contribution in [2.75, 3.05) is 5.73 Å². The molecule has 3 N–H and O–H groups in total. The smallest absolute Gasteiger partial charge is 0.871 e. The second-order valence-corrected chi connectivity index (χ2v) is 11.8. The summed E-state index contributed by atoms with van der Waals surface area (Å²) in [5.74, 6) is -0.388. The number of nitrogens with zero attached hydrogens (tertiary/aromatic N) is 6. The molecular formula is C28H19N7Na2O7S2. The van der Waals surface area contributed by atoms with Gasteiger partial charge in [-0.2, -0.15) is 28.9 Å². The standard InChI is InChI=1S/C28H21N7O7S2.2Na/c29-19-6-11-23(26(36)16-19)33-31-21-7-9-22(10-8-21)32-35-25-13-17-12-24(34-30-20-4-2-1-3-5-20)27(43(37,38)39)14-18(17)15-28(25)44(40,41)42;;/h1-16,36H,29H2,(H,37,38,39)(H,40,41,42);;/q;2*+1/p-2. The van der Waals surface area contributed by atoms with E-state index in [2.05, 4.69) is 30.7 Å². The summed E-state index contributed by atoms with van der Waals surface area (Å²) in [6.07, 6.45) is 0. The summed E-state index contributed by atoms with van der Waals surface area (Å²) >= 11 is 0. The molecule has 0 aromatic heterocycles. The summed E-state index contributed by atoms with van der Waals surface area (Å²) in [6.45, 7) is 0. The summed E-state index contributed by atoms with van der Waals surface area (Å²) in [5.41, 5.74) is 6.45. The first-order valence-electron chi connectivity index (χ1n) is 12.4. The van der Waals surface area contributed by atoms with Crippen LogP contribution in [0.3, 0.4) is 0 Å². The molecule has 5 aromatic rings. The summed E-state index contributed by atoms with van der Waals surface area (Å²) in [5, 5.41) is 35.9. The van der Waals surface area contributed by atoms with E-state index in [0.717, 1.165) is 12.1 Å².